The van der Waals surface area contributed by atoms with Crippen molar-refractivity contribution in [3.63, 3.8) is 0 Å². The number of hydrogen-bond acceptors (Lipinski definition) is 6. The zero-order chi connectivity index (χ0) is 21.7. The van der Waals surface area contributed by atoms with Crippen LogP contribution in [0.4, 0.5) is 0 Å². The minimum atomic E-state index is -3.81. The quantitative estimate of drug-likeness (QED) is 0.455. The summed E-state index contributed by atoms with van der Waals surface area (Å²) in [5, 5.41) is 10.3. The summed E-state index contributed by atoms with van der Waals surface area (Å²) in [5.74, 6) is 1.09. The van der Waals surface area contributed by atoms with Crippen molar-refractivity contribution in [3.05, 3.63) is 90.9 Å². The molecule has 158 valence electrons. The first-order valence-corrected chi connectivity index (χ1v) is 11.1. The number of fused-ring (bicyclic) bond motifs is 1. The van der Waals surface area contributed by atoms with Crippen LogP contribution in [0.1, 0.15) is 5.56 Å². The fraction of sp³-hybridized carbons (Fsp3) is 0.130. The fourth-order valence-electron chi connectivity index (χ4n) is 3.21. The molecule has 8 heteroatoms. The van der Waals surface area contributed by atoms with Crippen LogP contribution in [-0.4, -0.2) is 40.9 Å². The van der Waals surface area contributed by atoms with E-state index < -0.39 is 10.0 Å². The molecular formula is C23H21N3O4S. The molecule has 4 rings (SSSR count). The molecular weight excluding hydrogens is 414 g/mol. The number of benzene rings is 2. The predicted octanol–water partition coefficient (Wildman–Crippen LogP) is 3.61. The molecule has 0 aliphatic rings. The summed E-state index contributed by atoms with van der Waals surface area (Å²) in [6.07, 6.45) is 4.93. The van der Waals surface area contributed by atoms with Gasteiger partial charge in [-0.2, -0.15) is 4.31 Å². The van der Waals surface area contributed by atoms with Crippen molar-refractivity contribution < 1.29 is 18.3 Å². The van der Waals surface area contributed by atoms with Crippen molar-refractivity contribution in [2.24, 2.45) is 0 Å². The lowest BCUT2D eigenvalue weighted by Gasteiger charge is -2.21. The number of ether oxygens (including phenoxy) is 1. The smallest absolute Gasteiger partial charge is 0.243 e. The van der Waals surface area contributed by atoms with Gasteiger partial charge in [0.05, 0.1) is 11.5 Å². The van der Waals surface area contributed by atoms with E-state index in [0.29, 0.717) is 11.5 Å². The molecule has 0 spiro atoms. The zero-order valence-electron chi connectivity index (χ0n) is 16.6. The molecule has 2 heterocycles. The van der Waals surface area contributed by atoms with Crippen LogP contribution in [0, 0.1) is 0 Å². The second-order valence-electron chi connectivity index (χ2n) is 6.83. The maximum absolute atomic E-state index is 13.1. The Morgan fingerprint density at radius 1 is 0.935 bits per heavy atom. The third kappa shape index (κ3) is 4.72. The Bertz CT molecular complexity index is 1260. The number of aliphatic hydroxyl groups is 1. The van der Waals surface area contributed by atoms with E-state index in [2.05, 4.69) is 9.97 Å². The van der Waals surface area contributed by atoms with Crippen LogP contribution < -0.4 is 4.74 Å². The molecule has 4 aromatic rings. The summed E-state index contributed by atoms with van der Waals surface area (Å²) in [6.45, 7) is -0.178. The third-order valence-electron chi connectivity index (χ3n) is 4.72. The zero-order valence-corrected chi connectivity index (χ0v) is 17.4. The lowest BCUT2D eigenvalue weighted by Crippen LogP contribution is -2.33. The minimum absolute atomic E-state index is 0.0167. The maximum Gasteiger partial charge on any atom is 0.243 e. The number of sulfonamides is 1. The SMILES string of the molecule is O=S(=O)(c1ccc(Oc2cccc3cccnc23)cc1)N(CCO)Cc1cccnc1. The van der Waals surface area contributed by atoms with Gasteiger partial charge in [0.1, 0.15) is 11.3 Å². The molecule has 0 aliphatic heterocycles. The summed E-state index contributed by atoms with van der Waals surface area (Å²) >= 11 is 0. The van der Waals surface area contributed by atoms with Crippen LogP contribution in [0.2, 0.25) is 0 Å². The summed E-state index contributed by atoms with van der Waals surface area (Å²) < 4.78 is 33.4. The van der Waals surface area contributed by atoms with E-state index in [1.807, 2.05) is 30.3 Å². The van der Waals surface area contributed by atoms with Crippen molar-refractivity contribution in [2.45, 2.75) is 11.4 Å². The lowest BCUT2D eigenvalue weighted by atomic mass is 10.2. The second kappa shape index (κ2) is 9.22. The number of aromatic nitrogens is 2. The Hall–Kier alpha value is -3.33. The monoisotopic (exact) mass is 435 g/mol. The second-order valence-corrected chi connectivity index (χ2v) is 8.77. The molecule has 7 nitrogen and oxygen atoms in total. The fourth-order valence-corrected chi connectivity index (χ4v) is 4.62. The van der Waals surface area contributed by atoms with Crippen molar-refractivity contribution in [1.82, 2.24) is 14.3 Å². The molecule has 1 N–H and O–H groups in total. The van der Waals surface area contributed by atoms with E-state index in [-0.39, 0.29) is 24.6 Å². The summed E-state index contributed by atoms with van der Waals surface area (Å²) in [7, 11) is -3.81. The third-order valence-corrected chi connectivity index (χ3v) is 6.58. The molecule has 0 bridgehead atoms. The van der Waals surface area contributed by atoms with E-state index >= 15 is 0 Å². The molecule has 0 amide bonds. The Labute approximate surface area is 180 Å². The predicted molar refractivity (Wildman–Crippen MR) is 117 cm³/mol. The van der Waals surface area contributed by atoms with Gasteiger partial charge >= 0.3 is 0 Å². The Kier molecular flexibility index (Phi) is 6.22. The number of hydrogen-bond donors (Lipinski definition) is 1. The number of rotatable bonds is 8. The molecule has 0 fully saturated rings. The van der Waals surface area contributed by atoms with E-state index in [9.17, 15) is 13.5 Å². The molecule has 2 aromatic heterocycles. The lowest BCUT2D eigenvalue weighted by molar-refractivity contribution is 0.251. The highest BCUT2D eigenvalue weighted by Crippen LogP contribution is 2.29. The van der Waals surface area contributed by atoms with Gasteiger partial charge in [-0.25, -0.2) is 8.42 Å². The summed E-state index contributed by atoms with van der Waals surface area (Å²) in [4.78, 5) is 8.50. The van der Waals surface area contributed by atoms with E-state index in [1.54, 1.807) is 42.9 Å². The summed E-state index contributed by atoms with van der Waals surface area (Å²) in [5.41, 5.74) is 1.47. The Morgan fingerprint density at radius 3 is 2.45 bits per heavy atom. The number of pyridine rings is 2. The highest BCUT2D eigenvalue weighted by Gasteiger charge is 2.24. The van der Waals surface area contributed by atoms with Gasteiger partial charge in [0.2, 0.25) is 10.0 Å². The first kappa shape index (κ1) is 20.9. The van der Waals surface area contributed by atoms with Gasteiger partial charge in [-0.05, 0) is 48.0 Å². The van der Waals surface area contributed by atoms with Crippen molar-refractivity contribution in [3.8, 4) is 11.5 Å². The van der Waals surface area contributed by atoms with Crippen molar-refractivity contribution >= 4 is 20.9 Å². The van der Waals surface area contributed by atoms with Crippen LogP contribution in [0.3, 0.4) is 0 Å². The standard InChI is InChI=1S/C23H21N3O4S/c27-15-14-26(17-18-4-2-12-24-16-18)31(28,29)21-10-8-20(9-11-21)30-22-7-1-5-19-6-3-13-25-23(19)22/h1-13,16,27H,14-15,17H2. The number of nitrogens with zero attached hydrogens (tertiary/aromatic N) is 3. The van der Waals surface area contributed by atoms with E-state index in [0.717, 1.165) is 16.5 Å². The van der Waals surface area contributed by atoms with Gasteiger partial charge in [0, 0.05) is 37.1 Å². The van der Waals surface area contributed by atoms with Gasteiger partial charge < -0.3 is 9.84 Å². The number of para-hydroxylation sites is 1. The summed E-state index contributed by atoms with van der Waals surface area (Å²) in [6, 6.07) is 19.2. The topological polar surface area (TPSA) is 92.6 Å². The Balaban J connectivity index is 1.57. The van der Waals surface area contributed by atoms with Crippen LogP contribution in [0.25, 0.3) is 10.9 Å². The van der Waals surface area contributed by atoms with Crippen LogP contribution in [0.5, 0.6) is 11.5 Å². The van der Waals surface area contributed by atoms with Gasteiger partial charge in [0.25, 0.3) is 0 Å². The van der Waals surface area contributed by atoms with Crippen LogP contribution in [0.15, 0.2) is 90.2 Å². The largest absolute Gasteiger partial charge is 0.455 e. The van der Waals surface area contributed by atoms with Gasteiger partial charge in [0.15, 0.2) is 5.75 Å². The van der Waals surface area contributed by atoms with Crippen LogP contribution in [-0.2, 0) is 16.6 Å². The van der Waals surface area contributed by atoms with E-state index in [4.69, 9.17) is 4.74 Å². The molecule has 0 aliphatic carbocycles. The molecule has 0 unspecified atom stereocenters. The molecule has 0 saturated carbocycles. The van der Waals surface area contributed by atoms with Gasteiger partial charge in [-0.15, -0.1) is 0 Å². The van der Waals surface area contributed by atoms with Crippen molar-refractivity contribution in [2.75, 3.05) is 13.2 Å². The van der Waals surface area contributed by atoms with Gasteiger partial charge in [-0.1, -0.05) is 24.3 Å². The minimum Gasteiger partial charge on any atom is -0.455 e. The average molecular weight is 436 g/mol. The normalized spacial score (nSPS) is 11.7. The molecule has 31 heavy (non-hydrogen) atoms. The molecule has 0 atom stereocenters. The average Bonchev–Trinajstić information content (AvgIpc) is 2.80. The van der Waals surface area contributed by atoms with E-state index in [1.165, 1.54) is 16.4 Å². The van der Waals surface area contributed by atoms with Crippen LogP contribution >= 0.6 is 0 Å². The van der Waals surface area contributed by atoms with Crippen molar-refractivity contribution in [1.29, 1.82) is 0 Å². The first-order valence-electron chi connectivity index (χ1n) is 9.69. The highest BCUT2D eigenvalue weighted by atomic mass is 32.2. The molecule has 0 saturated heterocycles. The Morgan fingerprint density at radius 2 is 1.71 bits per heavy atom. The molecule has 2 aromatic carbocycles. The number of aliphatic hydroxyl groups excluding tert-OH is 1. The maximum atomic E-state index is 13.1. The van der Waals surface area contributed by atoms with Gasteiger partial charge in [-0.3, -0.25) is 9.97 Å². The molecule has 0 radical (unpaired) electrons. The first-order chi connectivity index (χ1) is 15.1. The highest BCUT2D eigenvalue weighted by molar-refractivity contribution is 7.89.